The van der Waals surface area contributed by atoms with Crippen LogP contribution in [0.4, 0.5) is 0 Å². The van der Waals surface area contributed by atoms with Crippen molar-refractivity contribution < 1.29 is 9.47 Å². The van der Waals surface area contributed by atoms with E-state index in [4.69, 9.17) is 14.5 Å². The number of benzene rings is 2. The highest BCUT2D eigenvalue weighted by Crippen LogP contribution is 2.32. The number of nitrogens with zero attached hydrogens (tertiary/aromatic N) is 2. The van der Waals surface area contributed by atoms with E-state index < -0.39 is 0 Å². The molecule has 1 heterocycles. The minimum atomic E-state index is 0.776. The Morgan fingerprint density at radius 1 is 1.00 bits per heavy atom. The van der Waals surface area contributed by atoms with E-state index in [1.807, 2.05) is 53.4 Å². The van der Waals surface area contributed by atoms with Crippen LogP contribution in [0.15, 0.2) is 59.9 Å². The molecule has 5 heteroatoms. The van der Waals surface area contributed by atoms with Crippen molar-refractivity contribution in [1.82, 2.24) is 9.55 Å². The Balaban J connectivity index is 2.15. The zero-order valence-corrected chi connectivity index (χ0v) is 14.1. The van der Waals surface area contributed by atoms with Crippen LogP contribution < -0.4 is 9.47 Å². The van der Waals surface area contributed by atoms with E-state index >= 15 is 0 Å². The molecule has 0 amide bonds. The Morgan fingerprint density at radius 2 is 1.78 bits per heavy atom. The summed E-state index contributed by atoms with van der Waals surface area (Å²) in [6, 6.07) is 15.9. The molecule has 0 fully saturated rings. The Labute approximate surface area is 140 Å². The lowest BCUT2D eigenvalue weighted by Gasteiger charge is -2.12. The zero-order chi connectivity index (χ0) is 16.2. The number of hydrogen-bond acceptors (Lipinski definition) is 4. The minimum absolute atomic E-state index is 0.776. The normalized spacial score (nSPS) is 10.6. The lowest BCUT2D eigenvalue weighted by Crippen LogP contribution is -1.99. The number of hydrogen-bond donors (Lipinski definition) is 0. The zero-order valence-electron chi connectivity index (χ0n) is 13.3. The first-order valence-electron chi connectivity index (χ1n) is 7.18. The molecule has 0 radical (unpaired) electrons. The summed E-state index contributed by atoms with van der Waals surface area (Å²) in [5.41, 5.74) is 2.93. The van der Waals surface area contributed by atoms with Crippen LogP contribution in [0.5, 0.6) is 11.5 Å². The van der Waals surface area contributed by atoms with Gasteiger partial charge in [-0.3, -0.25) is 4.57 Å². The lowest BCUT2D eigenvalue weighted by molar-refractivity contribution is 0.401. The van der Waals surface area contributed by atoms with Gasteiger partial charge in [-0.15, -0.1) is 0 Å². The average molecular weight is 326 g/mol. The molecule has 0 aliphatic heterocycles. The van der Waals surface area contributed by atoms with Crippen LogP contribution in [-0.4, -0.2) is 30.0 Å². The maximum absolute atomic E-state index is 5.50. The van der Waals surface area contributed by atoms with E-state index in [1.165, 1.54) is 0 Å². The van der Waals surface area contributed by atoms with Crippen LogP contribution in [0.25, 0.3) is 16.9 Å². The number of ether oxygens (including phenoxy) is 2. The van der Waals surface area contributed by atoms with Crippen molar-refractivity contribution in [1.29, 1.82) is 0 Å². The summed E-state index contributed by atoms with van der Waals surface area (Å²) in [6.07, 6.45) is 4.04. The predicted octanol–water partition coefficient (Wildman–Crippen LogP) is 4.28. The molecule has 0 spiro atoms. The SMILES string of the molecule is COc1ccc(OC)c(-n2cc(-c3ccccc3)nc2SC)c1. The van der Waals surface area contributed by atoms with Gasteiger partial charge in [-0.05, 0) is 18.4 Å². The number of imidazole rings is 1. The van der Waals surface area contributed by atoms with E-state index in [1.54, 1.807) is 26.0 Å². The van der Waals surface area contributed by atoms with Crippen molar-refractivity contribution in [2.45, 2.75) is 5.16 Å². The third-order valence-corrected chi connectivity index (χ3v) is 4.22. The summed E-state index contributed by atoms with van der Waals surface area (Å²) in [4.78, 5) is 4.74. The van der Waals surface area contributed by atoms with E-state index in [9.17, 15) is 0 Å². The monoisotopic (exact) mass is 326 g/mol. The molecule has 0 atom stereocenters. The molecule has 1 aromatic heterocycles. The second-order valence-electron chi connectivity index (χ2n) is 4.89. The first-order valence-corrected chi connectivity index (χ1v) is 8.40. The Kier molecular flexibility index (Phi) is 4.57. The van der Waals surface area contributed by atoms with E-state index in [2.05, 4.69) is 12.1 Å². The fourth-order valence-corrected chi connectivity index (χ4v) is 2.95. The molecule has 0 saturated carbocycles. The molecule has 4 nitrogen and oxygen atoms in total. The molecular formula is C18H18N2O2S. The highest BCUT2D eigenvalue weighted by molar-refractivity contribution is 7.98. The second-order valence-corrected chi connectivity index (χ2v) is 5.66. The van der Waals surface area contributed by atoms with E-state index in [0.29, 0.717) is 0 Å². The number of methoxy groups -OCH3 is 2. The van der Waals surface area contributed by atoms with Gasteiger partial charge in [0.15, 0.2) is 5.16 Å². The third kappa shape index (κ3) is 3.05. The molecule has 0 N–H and O–H groups in total. The lowest BCUT2D eigenvalue weighted by atomic mass is 10.2. The van der Waals surface area contributed by atoms with Gasteiger partial charge in [-0.25, -0.2) is 4.98 Å². The van der Waals surface area contributed by atoms with Gasteiger partial charge < -0.3 is 9.47 Å². The summed E-state index contributed by atoms with van der Waals surface area (Å²) in [5.74, 6) is 1.56. The molecular weight excluding hydrogens is 308 g/mol. The summed E-state index contributed by atoms with van der Waals surface area (Å²) in [5, 5.41) is 0.899. The van der Waals surface area contributed by atoms with Gasteiger partial charge in [0.1, 0.15) is 11.5 Å². The molecule has 0 aliphatic carbocycles. The minimum Gasteiger partial charge on any atom is -0.497 e. The van der Waals surface area contributed by atoms with Gasteiger partial charge in [0, 0.05) is 17.8 Å². The van der Waals surface area contributed by atoms with Crippen molar-refractivity contribution in [2.75, 3.05) is 20.5 Å². The Hall–Kier alpha value is -2.40. The van der Waals surface area contributed by atoms with Gasteiger partial charge in [-0.1, -0.05) is 42.1 Å². The van der Waals surface area contributed by atoms with Crippen LogP contribution in [-0.2, 0) is 0 Å². The summed E-state index contributed by atoms with van der Waals surface area (Å²) in [7, 11) is 3.32. The smallest absolute Gasteiger partial charge is 0.173 e. The molecule has 3 aromatic rings. The van der Waals surface area contributed by atoms with Crippen LogP contribution in [0.2, 0.25) is 0 Å². The van der Waals surface area contributed by atoms with E-state index in [0.717, 1.165) is 33.6 Å². The summed E-state index contributed by atoms with van der Waals surface area (Å²) >= 11 is 1.59. The molecule has 0 unspecified atom stereocenters. The second kappa shape index (κ2) is 6.79. The quantitative estimate of drug-likeness (QED) is 0.656. The first kappa shape index (κ1) is 15.5. The molecule has 0 saturated heterocycles. The topological polar surface area (TPSA) is 36.3 Å². The maximum atomic E-state index is 5.50. The molecule has 0 bridgehead atoms. The molecule has 0 aliphatic rings. The fourth-order valence-electron chi connectivity index (χ4n) is 2.41. The predicted molar refractivity (Wildman–Crippen MR) is 93.9 cm³/mol. The van der Waals surface area contributed by atoms with Crippen LogP contribution >= 0.6 is 11.8 Å². The number of rotatable bonds is 5. The standard InChI is InChI=1S/C18H18N2O2S/c1-21-14-9-10-17(22-2)16(11-14)20-12-15(19-18(20)23-3)13-7-5-4-6-8-13/h4-12H,1-3H3. The molecule has 118 valence electrons. The summed E-state index contributed by atoms with van der Waals surface area (Å²) < 4.78 is 12.9. The van der Waals surface area contributed by atoms with Gasteiger partial charge in [0.2, 0.25) is 0 Å². The van der Waals surface area contributed by atoms with Crippen molar-refractivity contribution in [2.24, 2.45) is 0 Å². The van der Waals surface area contributed by atoms with Crippen molar-refractivity contribution in [3.63, 3.8) is 0 Å². The van der Waals surface area contributed by atoms with Crippen molar-refractivity contribution >= 4 is 11.8 Å². The third-order valence-electron chi connectivity index (χ3n) is 3.57. The van der Waals surface area contributed by atoms with Crippen LogP contribution in [0.3, 0.4) is 0 Å². The van der Waals surface area contributed by atoms with Gasteiger partial charge in [-0.2, -0.15) is 0 Å². The highest BCUT2D eigenvalue weighted by Gasteiger charge is 2.14. The molecule has 3 rings (SSSR count). The Morgan fingerprint density at radius 3 is 2.43 bits per heavy atom. The van der Waals surface area contributed by atoms with E-state index in [-0.39, 0.29) is 0 Å². The maximum Gasteiger partial charge on any atom is 0.173 e. The van der Waals surface area contributed by atoms with Gasteiger partial charge >= 0.3 is 0 Å². The van der Waals surface area contributed by atoms with Gasteiger partial charge in [0.25, 0.3) is 0 Å². The largest absolute Gasteiger partial charge is 0.497 e. The van der Waals surface area contributed by atoms with Crippen molar-refractivity contribution in [3.05, 3.63) is 54.7 Å². The fraction of sp³-hybridized carbons (Fsp3) is 0.167. The van der Waals surface area contributed by atoms with Gasteiger partial charge in [0.05, 0.1) is 25.6 Å². The highest BCUT2D eigenvalue weighted by atomic mass is 32.2. The number of thioether (sulfide) groups is 1. The average Bonchev–Trinajstić information content (AvgIpc) is 3.06. The molecule has 23 heavy (non-hydrogen) atoms. The van der Waals surface area contributed by atoms with Crippen molar-refractivity contribution in [3.8, 4) is 28.4 Å². The Bertz CT molecular complexity index is 800. The number of aromatic nitrogens is 2. The molecule has 2 aromatic carbocycles. The first-order chi connectivity index (χ1) is 11.3. The van der Waals surface area contributed by atoms with Crippen LogP contribution in [0, 0.1) is 0 Å². The summed E-state index contributed by atoms with van der Waals surface area (Å²) in [6.45, 7) is 0. The van der Waals surface area contributed by atoms with Crippen LogP contribution in [0.1, 0.15) is 0 Å².